The average molecular weight is 301 g/mol. The van der Waals surface area contributed by atoms with Crippen LogP contribution in [-0.4, -0.2) is 23.9 Å². The number of ether oxygens (including phenoxy) is 1. The minimum atomic E-state index is -0.170. The van der Waals surface area contributed by atoms with Crippen LogP contribution in [0.2, 0.25) is 0 Å². The molecular weight excluding hydrogens is 278 g/mol. The molecule has 2 aromatic rings. The smallest absolute Gasteiger partial charge is 0.120 e. The van der Waals surface area contributed by atoms with Crippen molar-refractivity contribution in [3.05, 3.63) is 59.2 Å². The van der Waals surface area contributed by atoms with Gasteiger partial charge in [-0.15, -0.1) is 0 Å². The maximum absolute atomic E-state index is 9.90. The van der Waals surface area contributed by atoms with Crippen molar-refractivity contribution in [2.24, 2.45) is 0 Å². The summed E-state index contributed by atoms with van der Waals surface area (Å²) in [5.41, 5.74) is 3.04. The number of rotatable bonds is 7. The molecule has 0 spiro atoms. The summed E-state index contributed by atoms with van der Waals surface area (Å²) < 4.78 is 5.16. The van der Waals surface area contributed by atoms with Gasteiger partial charge in [-0.2, -0.15) is 0 Å². The van der Waals surface area contributed by atoms with E-state index in [4.69, 9.17) is 4.74 Å². The fourth-order valence-corrected chi connectivity index (χ4v) is 2.34. The molecule has 0 aromatic heterocycles. The lowest BCUT2D eigenvalue weighted by Crippen LogP contribution is -2.24. The molecule has 1 unspecified atom stereocenters. The summed E-state index contributed by atoms with van der Waals surface area (Å²) in [6.07, 6.45) is 0.995. The molecule has 0 aliphatic rings. The van der Waals surface area contributed by atoms with Crippen molar-refractivity contribution in [3.63, 3.8) is 0 Å². The summed E-state index contributed by atoms with van der Waals surface area (Å²) in [6, 6.07) is 13.1. The highest BCUT2D eigenvalue weighted by Gasteiger charge is 2.11. The monoisotopic (exact) mass is 301 g/mol. The highest BCUT2D eigenvalue weighted by Crippen LogP contribution is 2.23. The lowest BCUT2D eigenvalue weighted by molar-refractivity contribution is 0.243. The number of phenols is 1. The Morgan fingerprint density at radius 3 is 2.45 bits per heavy atom. The molecule has 4 nitrogen and oxygen atoms in total. The number of hydrogen-bond acceptors (Lipinski definition) is 4. The maximum atomic E-state index is 9.90. The van der Waals surface area contributed by atoms with Crippen LogP contribution in [0.5, 0.6) is 11.5 Å². The van der Waals surface area contributed by atoms with E-state index >= 15 is 0 Å². The molecule has 118 valence electrons. The number of methoxy groups -OCH3 is 1. The molecule has 0 amide bonds. The van der Waals surface area contributed by atoms with Gasteiger partial charge in [-0.3, -0.25) is 0 Å². The second-order valence-electron chi connectivity index (χ2n) is 5.21. The first-order valence-electron chi connectivity index (χ1n) is 7.46. The third-order valence-electron chi connectivity index (χ3n) is 3.80. The minimum absolute atomic E-state index is 0.00377. The zero-order valence-corrected chi connectivity index (χ0v) is 13.0. The van der Waals surface area contributed by atoms with Crippen LogP contribution in [-0.2, 0) is 13.0 Å². The van der Waals surface area contributed by atoms with Gasteiger partial charge < -0.3 is 20.3 Å². The maximum Gasteiger partial charge on any atom is 0.120 e. The predicted molar refractivity (Wildman–Crippen MR) is 87.1 cm³/mol. The van der Waals surface area contributed by atoms with Crippen LogP contribution in [0, 0.1) is 0 Å². The molecular formula is C18H23NO3. The largest absolute Gasteiger partial charge is 0.508 e. The molecule has 0 radical (unpaired) electrons. The Balaban J connectivity index is 2.07. The van der Waals surface area contributed by atoms with E-state index in [2.05, 4.69) is 24.4 Å². The third-order valence-corrected chi connectivity index (χ3v) is 3.80. The van der Waals surface area contributed by atoms with Crippen LogP contribution >= 0.6 is 0 Å². The Morgan fingerprint density at radius 2 is 1.86 bits per heavy atom. The van der Waals surface area contributed by atoms with E-state index < -0.39 is 0 Å². The fraction of sp³-hybridized carbons (Fsp3) is 0.333. The Morgan fingerprint density at radius 1 is 1.14 bits per heavy atom. The molecule has 0 fully saturated rings. The van der Waals surface area contributed by atoms with Crippen LogP contribution in [0.4, 0.5) is 0 Å². The molecule has 0 saturated heterocycles. The molecule has 0 aliphatic carbocycles. The van der Waals surface area contributed by atoms with Gasteiger partial charge in [0, 0.05) is 12.1 Å². The number of phenolic OH excluding ortho intramolecular Hbond substituents is 1. The summed E-state index contributed by atoms with van der Waals surface area (Å²) in [5, 5.41) is 22.8. The summed E-state index contributed by atoms with van der Waals surface area (Å²) in [5.74, 6) is 0.911. The average Bonchev–Trinajstić information content (AvgIpc) is 2.57. The van der Waals surface area contributed by atoms with Gasteiger partial charge in [0.25, 0.3) is 0 Å². The summed E-state index contributed by atoms with van der Waals surface area (Å²) in [6.45, 7) is 2.56. The van der Waals surface area contributed by atoms with E-state index in [0.29, 0.717) is 12.3 Å². The topological polar surface area (TPSA) is 61.7 Å². The third kappa shape index (κ3) is 4.00. The quantitative estimate of drug-likeness (QED) is 0.736. The number of aryl methyl sites for hydroxylation is 1. The number of nitrogens with one attached hydrogen (secondary N) is 1. The number of aromatic hydroxyl groups is 1. The van der Waals surface area contributed by atoms with Gasteiger partial charge in [-0.05, 0) is 35.7 Å². The van der Waals surface area contributed by atoms with Crippen molar-refractivity contribution in [1.29, 1.82) is 0 Å². The van der Waals surface area contributed by atoms with Crippen LogP contribution in [0.25, 0.3) is 0 Å². The van der Waals surface area contributed by atoms with Crippen LogP contribution in [0.1, 0.15) is 29.7 Å². The highest BCUT2D eigenvalue weighted by atomic mass is 16.5. The first-order valence-corrected chi connectivity index (χ1v) is 7.46. The van der Waals surface area contributed by atoms with Crippen molar-refractivity contribution >= 4 is 0 Å². The Kier molecular flexibility index (Phi) is 5.81. The van der Waals surface area contributed by atoms with Crippen LogP contribution in [0.15, 0.2) is 42.5 Å². The zero-order valence-electron chi connectivity index (χ0n) is 13.0. The van der Waals surface area contributed by atoms with E-state index in [-0.39, 0.29) is 18.4 Å². The zero-order chi connectivity index (χ0) is 15.9. The number of hydrogen-bond donors (Lipinski definition) is 3. The Bertz CT molecular complexity index is 596. The summed E-state index contributed by atoms with van der Waals surface area (Å²) in [4.78, 5) is 0. The van der Waals surface area contributed by atoms with Crippen LogP contribution in [0.3, 0.4) is 0 Å². The molecule has 0 aliphatic heterocycles. The van der Waals surface area contributed by atoms with Crippen LogP contribution < -0.4 is 10.1 Å². The van der Waals surface area contributed by atoms with Gasteiger partial charge in [-0.1, -0.05) is 31.2 Å². The van der Waals surface area contributed by atoms with E-state index in [1.165, 1.54) is 5.56 Å². The van der Waals surface area contributed by atoms with Crippen molar-refractivity contribution in [1.82, 2.24) is 5.32 Å². The fourth-order valence-electron chi connectivity index (χ4n) is 2.34. The van der Waals surface area contributed by atoms with Gasteiger partial charge in [0.15, 0.2) is 0 Å². The number of aliphatic hydroxyl groups excluding tert-OH is 1. The van der Waals surface area contributed by atoms with Crippen molar-refractivity contribution in [2.75, 3.05) is 13.7 Å². The molecule has 0 saturated carbocycles. The normalized spacial score (nSPS) is 12.1. The molecule has 0 heterocycles. The van der Waals surface area contributed by atoms with E-state index in [1.807, 2.05) is 12.1 Å². The molecule has 4 heteroatoms. The molecule has 2 aromatic carbocycles. The predicted octanol–water partition coefficient (Wildman–Crippen LogP) is 2.79. The van der Waals surface area contributed by atoms with Gasteiger partial charge in [0.05, 0.1) is 19.8 Å². The number of benzene rings is 2. The molecule has 2 rings (SSSR count). The van der Waals surface area contributed by atoms with E-state index in [1.54, 1.807) is 25.3 Å². The standard InChI is InChI=1S/C18H23NO3/c1-3-13-4-6-14(7-5-13)17(12-20)19-11-15-10-16(22-2)8-9-18(15)21/h4-10,17,19-21H,3,11-12H2,1-2H3. The summed E-state index contributed by atoms with van der Waals surface area (Å²) >= 11 is 0. The minimum Gasteiger partial charge on any atom is -0.508 e. The number of aliphatic hydroxyl groups is 1. The van der Waals surface area contributed by atoms with Crippen molar-refractivity contribution in [3.8, 4) is 11.5 Å². The molecule has 1 atom stereocenters. The van der Waals surface area contributed by atoms with Gasteiger partial charge >= 0.3 is 0 Å². The van der Waals surface area contributed by atoms with Crippen molar-refractivity contribution in [2.45, 2.75) is 25.9 Å². The molecule has 22 heavy (non-hydrogen) atoms. The van der Waals surface area contributed by atoms with Gasteiger partial charge in [0.2, 0.25) is 0 Å². The van der Waals surface area contributed by atoms with Crippen molar-refractivity contribution < 1.29 is 14.9 Å². The Hall–Kier alpha value is -2.04. The Labute approximate surface area is 131 Å². The first kappa shape index (κ1) is 16.3. The highest BCUT2D eigenvalue weighted by molar-refractivity contribution is 5.39. The second kappa shape index (κ2) is 7.82. The van der Waals surface area contributed by atoms with E-state index in [9.17, 15) is 10.2 Å². The SMILES string of the molecule is CCc1ccc(C(CO)NCc2cc(OC)ccc2O)cc1. The summed E-state index contributed by atoms with van der Waals surface area (Å²) in [7, 11) is 1.59. The van der Waals surface area contributed by atoms with E-state index in [0.717, 1.165) is 17.5 Å². The lowest BCUT2D eigenvalue weighted by Gasteiger charge is -2.18. The molecule has 3 N–H and O–H groups in total. The lowest BCUT2D eigenvalue weighted by atomic mass is 10.0. The van der Waals surface area contributed by atoms with Gasteiger partial charge in [0.1, 0.15) is 11.5 Å². The molecule has 0 bridgehead atoms. The first-order chi connectivity index (χ1) is 10.7. The van der Waals surface area contributed by atoms with Gasteiger partial charge in [-0.25, -0.2) is 0 Å². The second-order valence-corrected chi connectivity index (χ2v) is 5.21.